The molecule has 0 aliphatic rings. The van der Waals surface area contributed by atoms with E-state index in [2.05, 4.69) is 25.2 Å². The first-order valence-electron chi connectivity index (χ1n) is 14.4. The summed E-state index contributed by atoms with van der Waals surface area (Å²) >= 11 is -3.18. The lowest BCUT2D eigenvalue weighted by molar-refractivity contribution is 0.370. The third kappa shape index (κ3) is 13.2. The van der Waals surface area contributed by atoms with Crippen molar-refractivity contribution >= 4 is 73.6 Å². The topological polar surface area (TPSA) is 224 Å². The van der Waals surface area contributed by atoms with E-state index in [1.54, 1.807) is 40.0 Å². The minimum atomic E-state index is -2.04. The maximum Gasteiger partial charge on any atom is 0.278 e. The van der Waals surface area contributed by atoms with Crippen LogP contribution in [0, 0.1) is 43.4 Å². The lowest BCUT2D eigenvalue weighted by Crippen LogP contribution is -2.32. The van der Waals surface area contributed by atoms with E-state index >= 15 is 0 Å². The Morgan fingerprint density at radius 2 is 1.16 bits per heavy atom. The van der Waals surface area contributed by atoms with Gasteiger partial charge in [0.05, 0.1) is 55.5 Å². The van der Waals surface area contributed by atoms with E-state index in [0.717, 1.165) is 25.1 Å². The highest BCUT2D eigenvalue weighted by atomic mass is 32.3. The summed E-state index contributed by atoms with van der Waals surface area (Å²) in [5.41, 5.74) is 10.5. The van der Waals surface area contributed by atoms with Gasteiger partial charge in [-0.3, -0.25) is 31.7 Å². The van der Waals surface area contributed by atoms with Gasteiger partial charge in [0.1, 0.15) is 17.1 Å². The molecule has 3 aromatic rings. The second-order valence-electron chi connectivity index (χ2n) is 9.14. The zero-order valence-electron chi connectivity index (χ0n) is 28.6. The van der Waals surface area contributed by atoms with Crippen LogP contribution < -0.4 is 13.2 Å². The summed E-state index contributed by atoms with van der Waals surface area (Å²) in [6.45, 7) is 11.0. The number of rotatable bonds is 14. The molecule has 3 aromatic heterocycles. The molecule has 0 aromatic carbocycles. The molecule has 4 atom stereocenters. The molecule has 21 heteroatoms. The number of aryl methyl sites for hydroxylation is 4. The Kier molecular flexibility index (Phi) is 20.4. The van der Waals surface area contributed by atoms with Crippen molar-refractivity contribution in [2.24, 2.45) is 5.73 Å². The minimum Gasteiger partial charge on any atom is -0.389 e. The standard InChI is InChI=1S/C10H15N3O4S3.C10H13N3O4S2.C9H10N2/c1-4-17-20(15)13(19(14)16-3)9-5-7(2)12-6-8(9)10(11)18;1-4-17-19(15)13(18(14)16-3)10-5-8(2)12-7-9(10)6-11;1-3-8-4-7(2)11-6-9(8)5-10/h5-6H,4H2,1-3H3,(H2,11,18);5,7H,4H2,1-3H3;4,6H,3H2,1-2H3. The number of nitrogens with zero attached hydrogens (tertiary/aromatic N) is 7. The molecule has 50 heavy (non-hydrogen) atoms. The predicted octanol–water partition coefficient (Wildman–Crippen LogP) is 3.40. The second-order valence-corrected chi connectivity index (χ2v) is 14.4. The largest absolute Gasteiger partial charge is 0.389 e. The van der Waals surface area contributed by atoms with Crippen LogP contribution in [0.5, 0.6) is 0 Å². The second kappa shape index (κ2) is 23.0. The Morgan fingerprint density at radius 1 is 0.740 bits per heavy atom. The van der Waals surface area contributed by atoms with Crippen LogP contribution in [0.1, 0.15) is 60.1 Å². The van der Waals surface area contributed by atoms with Gasteiger partial charge in [-0.2, -0.15) is 17.9 Å². The summed E-state index contributed by atoms with van der Waals surface area (Å²) < 4.78 is 68.9. The van der Waals surface area contributed by atoms with Gasteiger partial charge in [0.25, 0.3) is 45.1 Å². The Balaban J connectivity index is 0.000000390. The van der Waals surface area contributed by atoms with Crippen molar-refractivity contribution in [3.05, 3.63) is 76.1 Å². The van der Waals surface area contributed by atoms with Crippen molar-refractivity contribution in [2.45, 2.75) is 48.0 Å². The number of nitrogens with two attached hydrogens (primary N) is 1. The predicted molar refractivity (Wildman–Crippen MR) is 196 cm³/mol. The Labute approximate surface area is 308 Å². The molecule has 4 unspecified atom stereocenters. The summed E-state index contributed by atoms with van der Waals surface area (Å²) in [4.78, 5) is 12.1. The van der Waals surface area contributed by atoms with Gasteiger partial charge in [0.2, 0.25) is 0 Å². The van der Waals surface area contributed by atoms with Crippen LogP contribution >= 0.6 is 12.2 Å². The van der Waals surface area contributed by atoms with Crippen molar-refractivity contribution in [2.75, 3.05) is 34.9 Å². The molecule has 3 heterocycles. The zero-order valence-corrected chi connectivity index (χ0v) is 32.7. The molecule has 272 valence electrons. The van der Waals surface area contributed by atoms with Crippen LogP contribution in [0.4, 0.5) is 11.4 Å². The fraction of sp³-hybridized carbons (Fsp3) is 0.379. The molecule has 0 saturated heterocycles. The van der Waals surface area contributed by atoms with E-state index in [1.165, 1.54) is 32.7 Å². The molecule has 0 fully saturated rings. The summed E-state index contributed by atoms with van der Waals surface area (Å²) in [7, 11) is 2.42. The Morgan fingerprint density at radius 3 is 1.58 bits per heavy atom. The molecule has 16 nitrogen and oxygen atoms in total. The molecule has 0 saturated carbocycles. The van der Waals surface area contributed by atoms with Crippen LogP contribution in [0.25, 0.3) is 0 Å². The van der Waals surface area contributed by atoms with Gasteiger partial charge >= 0.3 is 0 Å². The first-order chi connectivity index (χ1) is 23.7. The van der Waals surface area contributed by atoms with E-state index < -0.39 is 45.1 Å². The number of nitriles is 2. The van der Waals surface area contributed by atoms with Gasteiger partial charge in [0, 0.05) is 35.7 Å². The highest BCUT2D eigenvalue weighted by molar-refractivity contribution is 8.00. The van der Waals surface area contributed by atoms with Gasteiger partial charge in [0.15, 0.2) is 0 Å². The van der Waals surface area contributed by atoms with E-state index in [1.807, 2.05) is 26.0 Å². The first-order valence-corrected chi connectivity index (χ1v) is 18.9. The van der Waals surface area contributed by atoms with E-state index in [4.69, 9.17) is 41.0 Å². The number of thiocarbonyl (C=S) groups is 1. The minimum absolute atomic E-state index is 0.0408. The average molecular weight is 787 g/mol. The zero-order chi connectivity index (χ0) is 38.0. The van der Waals surface area contributed by atoms with Crippen LogP contribution in [0.2, 0.25) is 0 Å². The van der Waals surface area contributed by atoms with Crippen molar-refractivity contribution < 1.29 is 33.6 Å². The number of pyridine rings is 3. The molecule has 0 radical (unpaired) electrons. The van der Waals surface area contributed by atoms with E-state index in [-0.39, 0.29) is 35.1 Å². The monoisotopic (exact) mass is 786 g/mol. The summed E-state index contributed by atoms with van der Waals surface area (Å²) in [6, 6.07) is 9.01. The van der Waals surface area contributed by atoms with Crippen molar-refractivity contribution in [1.29, 1.82) is 10.5 Å². The SMILES string of the molecule is CCOS(=O)N(c1cc(C)ncc1C#N)S(=O)OC.CCOS(=O)N(c1cc(C)ncc1C(N)=S)S(=O)OC.CCc1cc(C)ncc1C#N. The van der Waals surface area contributed by atoms with Gasteiger partial charge in [-0.25, -0.2) is 16.8 Å². The molecule has 0 spiro atoms. The van der Waals surface area contributed by atoms with Crippen LogP contribution in [-0.4, -0.2) is 64.2 Å². The summed E-state index contributed by atoms with van der Waals surface area (Å²) in [5.74, 6) is 0. The number of hydrogen-bond acceptors (Lipinski definition) is 14. The van der Waals surface area contributed by atoms with Crippen molar-refractivity contribution in [1.82, 2.24) is 15.0 Å². The molecule has 0 bridgehead atoms. The van der Waals surface area contributed by atoms with E-state index in [0.29, 0.717) is 22.5 Å². The lowest BCUT2D eigenvalue weighted by atomic mass is 10.1. The van der Waals surface area contributed by atoms with Gasteiger partial charge < -0.3 is 5.73 Å². The Bertz CT molecular complexity index is 1800. The molecule has 2 N–H and O–H groups in total. The third-order valence-corrected chi connectivity index (χ3v) is 10.7. The summed E-state index contributed by atoms with van der Waals surface area (Å²) in [5, 5.41) is 17.7. The molecule has 0 amide bonds. The van der Waals surface area contributed by atoms with Crippen molar-refractivity contribution in [3.8, 4) is 12.1 Å². The highest BCUT2D eigenvalue weighted by Gasteiger charge is 2.27. The van der Waals surface area contributed by atoms with Crippen molar-refractivity contribution in [3.63, 3.8) is 0 Å². The molecular formula is C29H38N8O8S5. The Hall–Kier alpha value is -3.64. The molecular weight excluding hydrogens is 749 g/mol. The first kappa shape index (κ1) is 44.4. The van der Waals surface area contributed by atoms with E-state index in [9.17, 15) is 16.8 Å². The van der Waals surface area contributed by atoms with Gasteiger partial charge in [-0.05, 0) is 64.8 Å². The summed E-state index contributed by atoms with van der Waals surface area (Å²) in [6.07, 6.45) is 5.27. The molecule has 3 rings (SSSR count). The number of anilines is 2. The maximum absolute atomic E-state index is 12.1. The fourth-order valence-corrected chi connectivity index (χ4v) is 7.22. The molecule has 0 aliphatic carbocycles. The normalized spacial score (nSPS) is 12.7. The highest BCUT2D eigenvalue weighted by Crippen LogP contribution is 2.26. The van der Waals surface area contributed by atoms with Crippen LogP contribution in [0.15, 0.2) is 36.8 Å². The number of hydrogen-bond donors (Lipinski definition) is 1. The van der Waals surface area contributed by atoms with Crippen LogP contribution in [-0.2, 0) is 68.2 Å². The average Bonchev–Trinajstić information content (AvgIpc) is 3.09. The van der Waals surface area contributed by atoms with Gasteiger partial charge in [-0.15, -0.1) is 0 Å². The fourth-order valence-electron chi connectivity index (χ4n) is 3.53. The third-order valence-electron chi connectivity index (χ3n) is 5.71. The van der Waals surface area contributed by atoms with Gasteiger partial charge in [-0.1, -0.05) is 19.1 Å². The smallest absolute Gasteiger partial charge is 0.278 e. The van der Waals surface area contributed by atoms with Crippen LogP contribution in [0.3, 0.4) is 0 Å². The maximum atomic E-state index is 12.1. The quantitative estimate of drug-likeness (QED) is 0.231. The number of aromatic nitrogens is 3. The lowest BCUT2D eigenvalue weighted by Gasteiger charge is -2.21. The molecule has 0 aliphatic heterocycles.